The van der Waals surface area contributed by atoms with Crippen molar-refractivity contribution >= 4 is 20.4 Å². The highest BCUT2D eigenvalue weighted by Crippen LogP contribution is 1.91. The van der Waals surface area contributed by atoms with Gasteiger partial charge in [0.25, 0.3) is 0 Å². The smallest absolute Gasteiger partial charge is 0.151 e. The van der Waals surface area contributed by atoms with E-state index in [2.05, 4.69) is 4.74 Å². The van der Waals surface area contributed by atoms with E-state index in [0.29, 0.717) is 12.6 Å². The molecule has 0 aliphatic rings. The fourth-order valence-corrected chi connectivity index (χ4v) is 0.509. The van der Waals surface area contributed by atoms with Crippen LogP contribution in [0.2, 0.25) is 0 Å². The Morgan fingerprint density at radius 1 is 1.45 bits per heavy atom. The third-order valence-corrected chi connectivity index (χ3v) is 0.949. The maximum Gasteiger partial charge on any atom is 0.151 e. The van der Waals surface area contributed by atoms with Gasteiger partial charge in [0.1, 0.15) is 20.2 Å². The summed E-state index contributed by atoms with van der Waals surface area (Å²) in [6, 6.07) is -1.06. The first-order valence-electron chi connectivity index (χ1n) is 3.05. The number of carbonyl (C=O) groups excluding carboxylic acids is 2. The van der Waals surface area contributed by atoms with Crippen molar-refractivity contribution in [3.05, 3.63) is 0 Å². The largest absolute Gasteiger partial charge is 0.382 e. The van der Waals surface area contributed by atoms with Crippen molar-refractivity contribution in [2.24, 2.45) is 0 Å². The molecule has 60 valence electrons. The quantitative estimate of drug-likeness (QED) is 0.362. The second-order valence-corrected chi connectivity index (χ2v) is 1.87. The Labute approximate surface area is 66.3 Å². The summed E-state index contributed by atoms with van der Waals surface area (Å²) < 4.78 is 9.32. The van der Waals surface area contributed by atoms with Gasteiger partial charge in [-0.05, 0) is 0 Å². The summed E-state index contributed by atoms with van der Waals surface area (Å²) in [5.74, 6) is 0. The Morgan fingerprint density at radius 3 is 2.45 bits per heavy atom. The molecule has 0 saturated carbocycles. The Bertz CT molecular complexity index is 128. The van der Waals surface area contributed by atoms with E-state index in [-0.39, 0.29) is 6.61 Å². The van der Waals surface area contributed by atoms with E-state index in [0.717, 1.165) is 0 Å². The van der Waals surface area contributed by atoms with Crippen molar-refractivity contribution < 1.29 is 19.1 Å². The van der Waals surface area contributed by atoms with E-state index in [4.69, 9.17) is 12.6 Å². The summed E-state index contributed by atoms with van der Waals surface area (Å²) in [5.41, 5.74) is 0. The fraction of sp³-hybridized carbons (Fsp3) is 0.667. The van der Waals surface area contributed by atoms with Crippen molar-refractivity contribution in [3.63, 3.8) is 0 Å². The predicted molar refractivity (Wildman–Crippen MR) is 38.4 cm³/mol. The van der Waals surface area contributed by atoms with Gasteiger partial charge >= 0.3 is 0 Å². The van der Waals surface area contributed by atoms with Crippen LogP contribution in [0.4, 0.5) is 0 Å². The normalized spacial score (nSPS) is 15.4. The van der Waals surface area contributed by atoms with Crippen LogP contribution in [-0.4, -0.2) is 46.2 Å². The van der Waals surface area contributed by atoms with E-state index in [1.807, 2.05) is 0 Å². The molecule has 0 saturated heterocycles. The lowest BCUT2D eigenvalue weighted by molar-refractivity contribution is -0.127. The predicted octanol–water partition coefficient (Wildman–Crippen LogP) is -1.09. The van der Waals surface area contributed by atoms with Crippen LogP contribution in [0, 0.1) is 0 Å². The molecule has 0 aromatic heterocycles. The Kier molecular flexibility index (Phi) is 5.69. The minimum atomic E-state index is -1.06. The molecule has 0 N–H and O–H groups in total. The van der Waals surface area contributed by atoms with Crippen LogP contribution >= 0.6 is 0 Å². The summed E-state index contributed by atoms with van der Waals surface area (Å²) in [5, 5.41) is 0. The monoisotopic (exact) mass is 156 g/mol. The second kappa shape index (κ2) is 6.06. The van der Waals surface area contributed by atoms with Crippen LogP contribution < -0.4 is 0 Å². The van der Waals surface area contributed by atoms with E-state index in [1.54, 1.807) is 0 Å². The van der Waals surface area contributed by atoms with Crippen LogP contribution in [0.25, 0.3) is 0 Å². The molecule has 0 amide bonds. The molecule has 0 spiro atoms. The standard InChI is InChI=1S/C6H9BO4/c1-10-4-5(2-8)11-6(7)3-9/h2-3,5-6H,4H2,1H3. The van der Waals surface area contributed by atoms with Gasteiger partial charge in [0.05, 0.1) is 12.6 Å². The summed E-state index contributed by atoms with van der Waals surface area (Å²) in [7, 11) is 6.50. The third-order valence-electron chi connectivity index (χ3n) is 0.949. The molecule has 2 atom stereocenters. The highest BCUT2D eigenvalue weighted by molar-refractivity contribution is 6.19. The molecular weight excluding hydrogens is 147 g/mol. The molecule has 0 aliphatic carbocycles. The van der Waals surface area contributed by atoms with Gasteiger partial charge in [-0.15, -0.1) is 0 Å². The van der Waals surface area contributed by atoms with Crippen molar-refractivity contribution in [3.8, 4) is 0 Å². The first-order chi connectivity index (χ1) is 5.24. The number of aldehydes is 2. The zero-order valence-electron chi connectivity index (χ0n) is 6.23. The maximum atomic E-state index is 10.2. The zero-order chi connectivity index (χ0) is 8.69. The molecule has 11 heavy (non-hydrogen) atoms. The van der Waals surface area contributed by atoms with E-state index in [1.165, 1.54) is 7.11 Å². The molecule has 2 unspecified atom stereocenters. The summed E-state index contributed by atoms with van der Waals surface area (Å²) in [4.78, 5) is 20.1. The number of rotatable bonds is 6. The van der Waals surface area contributed by atoms with Gasteiger partial charge in [-0.25, -0.2) is 0 Å². The summed E-state index contributed by atoms with van der Waals surface area (Å²) in [6.45, 7) is 0.102. The molecular formula is C6H9BO4. The summed E-state index contributed by atoms with van der Waals surface area (Å²) in [6.07, 6.45) is 0.180. The molecule has 2 radical (unpaired) electrons. The number of carbonyl (C=O) groups is 2. The first-order valence-corrected chi connectivity index (χ1v) is 3.05. The van der Waals surface area contributed by atoms with Gasteiger partial charge in [-0.2, -0.15) is 0 Å². The van der Waals surface area contributed by atoms with E-state index < -0.39 is 12.1 Å². The van der Waals surface area contributed by atoms with Crippen LogP contribution in [0.1, 0.15) is 0 Å². The molecule has 4 nitrogen and oxygen atoms in total. The molecule has 0 fully saturated rings. The number of methoxy groups -OCH3 is 1. The van der Waals surface area contributed by atoms with Gasteiger partial charge in [0.2, 0.25) is 0 Å². The van der Waals surface area contributed by atoms with Crippen LogP contribution in [-0.2, 0) is 19.1 Å². The van der Waals surface area contributed by atoms with Crippen LogP contribution in [0.3, 0.4) is 0 Å². The average molecular weight is 156 g/mol. The molecule has 0 rings (SSSR count). The average Bonchev–Trinajstić information content (AvgIpc) is 2.03. The molecule has 0 aliphatic heterocycles. The number of ether oxygens (including phenoxy) is 2. The van der Waals surface area contributed by atoms with Gasteiger partial charge in [-0.3, -0.25) is 0 Å². The summed E-state index contributed by atoms with van der Waals surface area (Å²) >= 11 is 0. The molecule has 0 bridgehead atoms. The van der Waals surface area contributed by atoms with Crippen molar-refractivity contribution in [2.45, 2.75) is 12.1 Å². The van der Waals surface area contributed by atoms with E-state index in [9.17, 15) is 9.59 Å². The molecule has 0 aromatic carbocycles. The number of hydrogen-bond donors (Lipinski definition) is 0. The molecule has 0 heterocycles. The number of hydrogen-bond acceptors (Lipinski definition) is 4. The van der Waals surface area contributed by atoms with E-state index >= 15 is 0 Å². The SMILES string of the molecule is [B]C(C=O)OC(C=O)COC. The molecule has 5 heteroatoms. The first kappa shape index (κ1) is 10.3. The second-order valence-electron chi connectivity index (χ2n) is 1.87. The highest BCUT2D eigenvalue weighted by Gasteiger charge is 2.10. The Hall–Kier alpha value is -0.675. The lowest BCUT2D eigenvalue weighted by Gasteiger charge is -2.12. The topological polar surface area (TPSA) is 52.6 Å². The van der Waals surface area contributed by atoms with Crippen molar-refractivity contribution in [2.75, 3.05) is 13.7 Å². The minimum absolute atomic E-state index is 0.102. The minimum Gasteiger partial charge on any atom is -0.382 e. The van der Waals surface area contributed by atoms with Crippen LogP contribution in [0.5, 0.6) is 0 Å². The maximum absolute atomic E-state index is 10.2. The van der Waals surface area contributed by atoms with Gasteiger partial charge in [0.15, 0.2) is 6.29 Å². The third kappa shape index (κ3) is 4.69. The fourth-order valence-electron chi connectivity index (χ4n) is 0.509. The lowest BCUT2D eigenvalue weighted by atomic mass is 10.0. The van der Waals surface area contributed by atoms with Gasteiger partial charge < -0.3 is 19.1 Å². The molecule has 0 aromatic rings. The van der Waals surface area contributed by atoms with Crippen LogP contribution in [0.15, 0.2) is 0 Å². The Balaban J connectivity index is 3.66. The Morgan fingerprint density at radius 2 is 2.09 bits per heavy atom. The zero-order valence-corrected chi connectivity index (χ0v) is 6.23. The van der Waals surface area contributed by atoms with Gasteiger partial charge in [-0.1, -0.05) is 0 Å². The lowest BCUT2D eigenvalue weighted by Crippen LogP contribution is -2.28. The van der Waals surface area contributed by atoms with Crippen molar-refractivity contribution in [1.29, 1.82) is 0 Å². The highest BCUT2D eigenvalue weighted by atomic mass is 16.5. The van der Waals surface area contributed by atoms with Crippen molar-refractivity contribution in [1.82, 2.24) is 0 Å². The van der Waals surface area contributed by atoms with Gasteiger partial charge in [0, 0.05) is 7.11 Å².